The topological polar surface area (TPSA) is 54.2 Å². The summed E-state index contributed by atoms with van der Waals surface area (Å²) in [4.78, 5) is 5.95. The van der Waals surface area contributed by atoms with Crippen molar-refractivity contribution in [3.05, 3.63) is 60.2 Å². The lowest BCUT2D eigenvalue weighted by atomic mass is 9.84. The maximum Gasteiger partial charge on any atom is 0.137 e. The van der Waals surface area contributed by atoms with Crippen LogP contribution in [0.3, 0.4) is 0 Å². The molecule has 2 aromatic rings. The third-order valence-electron chi connectivity index (χ3n) is 5.01. The fraction of sp³-hybridized carbons (Fsp3) is 0.444. The van der Waals surface area contributed by atoms with Crippen LogP contribution < -0.4 is 0 Å². The van der Waals surface area contributed by atoms with Crippen LogP contribution in [0.5, 0.6) is 0 Å². The van der Waals surface area contributed by atoms with E-state index in [1.165, 1.54) is 22.9 Å². The Balaban J connectivity index is 1.99. The molecule has 25 heavy (non-hydrogen) atoms. The molecule has 1 N–H and O–H groups in total. The van der Waals surface area contributed by atoms with Gasteiger partial charge in [-0.05, 0) is 38.0 Å². The summed E-state index contributed by atoms with van der Waals surface area (Å²) < 4.78 is 29.7. The zero-order valence-electron chi connectivity index (χ0n) is 14.2. The maximum absolute atomic E-state index is 14.5. The molecule has 1 aliphatic heterocycles. The first-order valence-electron chi connectivity index (χ1n) is 8.31. The Morgan fingerprint density at radius 2 is 2.04 bits per heavy atom. The predicted molar refractivity (Wildman–Crippen MR) is 89.7 cm³/mol. The lowest BCUT2D eigenvalue weighted by molar-refractivity contribution is -0.0658. The van der Waals surface area contributed by atoms with Crippen LogP contribution in [0.1, 0.15) is 25.3 Å². The summed E-state index contributed by atoms with van der Waals surface area (Å²) in [6.07, 6.45) is 4.45. The van der Waals surface area contributed by atoms with Crippen molar-refractivity contribution in [1.82, 2.24) is 19.7 Å². The minimum Gasteiger partial charge on any atom is -0.381 e. The molecule has 1 saturated heterocycles. The number of likely N-dealkylation sites (tertiary alicyclic amines) is 1. The number of aromatic nitrogens is 3. The van der Waals surface area contributed by atoms with Gasteiger partial charge in [-0.3, -0.25) is 4.90 Å². The molecule has 0 radical (unpaired) electrons. The van der Waals surface area contributed by atoms with Crippen LogP contribution in [0.2, 0.25) is 0 Å². The Hall–Kier alpha value is -2.12. The average Bonchev–Trinajstić information content (AvgIpc) is 3.09. The Morgan fingerprint density at radius 3 is 2.68 bits per heavy atom. The van der Waals surface area contributed by atoms with E-state index < -0.39 is 23.3 Å². The first-order valence-corrected chi connectivity index (χ1v) is 8.31. The van der Waals surface area contributed by atoms with E-state index in [-0.39, 0.29) is 12.1 Å². The Kier molecular flexibility index (Phi) is 4.96. The van der Waals surface area contributed by atoms with E-state index in [9.17, 15) is 13.9 Å². The molecule has 1 aliphatic rings. The van der Waals surface area contributed by atoms with Crippen molar-refractivity contribution in [3.63, 3.8) is 0 Å². The van der Waals surface area contributed by atoms with Gasteiger partial charge < -0.3 is 5.11 Å². The second kappa shape index (κ2) is 7.01. The van der Waals surface area contributed by atoms with Crippen LogP contribution in [0.4, 0.5) is 8.78 Å². The smallest absolute Gasteiger partial charge is 0.137 e. The first-order chi connectivity index (χ1) is 11.9. The fourth-order valence-electron chi connectivity index (χ4n) is 3.36. The van der Waals surface area contributed by atoms with Crippen LogP contribution in [-0.4, -0.2) is 43.9 Å². The number of benzene rings is 1. The summed E-state index contributed by atoms with van der Waals surface area (Å²) in [6.45, 7) is 7.24. The lowest BCUT2D eigenvalue weighted by Crippen LogP contribution is -2.53. The summed E-state index contributed by atoms with van der Waals surface area (Å²) in [5, 5.41) is 15.5. The van der Waals surface area contributed by atoms with Gasteiger partial charge in [0.05, 0.1) is 6.54 Å². The zero-order chi connectivity index (χ0) is 18.0. The highest BCUT2D eigenvalue weighted by Gasteiger charge is 2.42. The number of rotatable bonds is 5. The summed E-state index contributed by atoms with van der Waals surface area (Å²) in [5.74, 6) is -1.23. The second-order valence-electron chi connectivity index (χ2n) is 6.60. The quantitative estimate of drug-likeness (QED) is 0.844. The van der Waals surface area contributed by atoms with Gasteiger partial charge in [0, 0.05) is 24.7 Å². The average molecular weight is 348 g/mol. The minimum atomic E-state index is -1.65. The van der Waals surface area contributed by atoms with Gasteiger partial charge in [-0.2, -0.15) is 5.10 Å². The third-order valence-corrected chi connectivity index (χ3v) is 5.01. The van der Waals surface area contributed by atoms with E-state index in [1.807, 2.05) is 6.92 Å². The Labute approximate surface area is 145 Å². The predicted octanol–water partition coefficient (Wildman–Crippen LogP) is 2.48. The van der Waals surface area contributed by atoms with Gasteiger partial charge in [0.2, 0.25) is 0 Å². The van der Waals surface area contributed by atoms with Gasteiger partial charge in [0.25, 0.3) is 0 Å². The van der Waals surface area contributed by atoms with Gasteiger partial charge in [0.1, 0.15) is 29.9 Å². The van der Waals surface area contributed by atoms with E-state index in [2.05, 4.69) is 21.6 Å². The minimum absolute atomic E-state index is 0.0218. The number of aliphatic hydroxyl groups is 1. The highest BCUT2D eigenvalue weighted by molar-refractivity contribution is 5.27. The van der Waals surface area contributed by atoms with Gasteiger partial charge >= 0.3 is 0 Å². The molecule has 0 bridgehead atoms. The van der Waals surface area contributed by atoms with E-state index in [1.54, 1.807) is 0 Å². The van der Waals surface area contributed by atoms with Crippen molar-refractivity contribution in [2.75, 3.05) is 13.1 Å². The maximum atomic E-state index is 14.5. The summed E-state index contributed by atoms with van der Waals surface area (Å²) in [7, 11) is 0. The summed E-state index contributed by atoms with van der Waals surface area (Å²) in [6, 6.07) is 2.71. The van der Waals surface area contributed by atoms with Gasteiger partial charge in [-0.1, -0.05) is 12.2 Å². The molecule has 0 saturated carbocycles. The van der Waals surface area contributed by atoms with Gasteiger partial charge in [-0.25, -0.2) is 18.4 Å². The molecule has 2 atom stereocenters. The monoisotopic (exact) mass is 348 g/mol. The van der Waals surface area contributed by atoms with E-state index in [4.69, 9.17) is 0 Å². The van der Waals surface area contributed by atoms with Crippen LogP contribution in [0, 0.1) is 11.6 Å². The van der Waals surface area contributed by atoms with Gasteiger partial charge in [-0.15, -0.1) is 0 Å². The van der Waals surface area contributed by atoms with Crippen molar-refractivity contribution in [2.24, 2.45) is 0 Å². The van der Waals surface area contributed by atoms with Crippen LogP contribution in [0.15, 0.2) is 43.0 Å². The fourth-order valence-corrected chi connectivity index (χ4v) is 3.36. The van der Waals surface area contributed by atoms with Crippen LogP contribution in [0.25, 0.3) is 0 Å². The standard InChI is InChI=1S/C18H22F2N4O/c1-13-5-7-23(8-6-13)14(2)18(25,10-24-12-21-11-22-24)16-9-15(19)3-4-17(16)20/h3-4,9,11-12,14,25H,1,5-8,10H2,2H3/t14-,18-/m1/s1. The summed E-state index contributed by atoms with van der Waals surface area (Å²) in [5.41, 5.74) is -0.557. The highest BCUT2D eigenvalue weighted by Crippen LogP contribution is 2.34. The molecule has 134 valence electrons. The molecular weight excluding hydrogens is 326 g/mol. The molecule has 1 aromatic carbocycles. The first kappa shape index (κ1) is 17.7. The molecule has 1 aromatic heterocycles. The molecule has 0 unspecified atom stereocenters. The largest absolute Gasteiger partial charge is 0.381 e. The highest BCUT2D eigenvalue weighted by atomic mass is 19.1. The molecule has 5 nitrogen and oxygen atoms in total. The summed E-state index contributed by atoms with van der Waals surface area (Å²) >= 11 is 0. The molecule has 0 spiro atoms. The van der Waals surface area contributed by atoms with Crippen molar-refractivity contribution >= 4 is 0 Å². The van der Waals surface area contributed by atoms with Crippen LogP contribution >= 0.6 is 0 Å². The SMILES string of the molecule is C=C1CCN([C@H](C)[C@](O)(Cn2cncn2)c2cc(F)ccc2F)CC1. The zero-order valence-corrected chi connectivity index (χ0v) is 14.2. The number of hydrogen-bond acceptors (Lipinski definition) is 4. The van der Waals surface area contributed by atoms with E-state index in [0.717, 1.165) is 44.1 Å². The Bertz CT molecular complexity index is 740. The third kappa shape index (κ3) is 3.62. The normalized spacial score (nSPS) is 19.6. The molecule has 0 aliphatic carbocycles. The van der Waals surface area contributed by atoms with Crippen molar-refractivity contribution in [2.45, 2.75) is 38.0 Å². The number of hydrogen-bond donors (Lipinski definition) is 1. The lowest BCUT2D eigenvalue weighted by Gasteiger charge is -2.43. The molecule has 0 amide bonds. The Morgan fingerprint density at radius 1 is 1.32 bits per heavy atom. The van der Waals surface area contributed by atoms with Crippen molar-refractivity contribution in [3.8, 4) is 0 Å². The molecule has 3 rings (SSSR count). The van der Waals surface area contributed by atoms with E-state index >= 15 is 0 Å². The number of piperidine rings is 1. The molecular formula is C18H22F2N4O. The van der Waals surface area contributed by atoms with Crippen LogP contribution in [-0.2, 0) is 12.1 Å². The number of nitrogens with zero attached hydrogens (tertiary/aromatic N) is 4. The van der Waals surface area contributed by atoms with E-state index in [0.29, 0.717) is 0 Å². The molecule has 2 heterocycles. The van der Waals surface area contributed by atoms with Gasteiger partial charge in [0.15, 0.2) is 0 Å². The second-order valence-corrected chi connectivity index (χ2v) is 6.60. The molecule has 7 heteroatoms. The van der Waals surface area contributed by atoms with Crippen molar-refractivity contribution in [1.29, 1.82) is 0 Å². The van der Waals surface area contributed by atoms with Crippen molar-refractivity contribution < 1.29 is 13.9 Å². The number of halogens is 2. The molecule has 1 fully saturated rings.